The van der Waals surface area contributed by atoms with Gasteiger partial charge in [0.2, 0.25) is 0 Å². The number of anilines is 4. The van der Waals surface area contributed by atoms with Crippen molar-refractivity contribution < 1.29 is 36.2 Å². The first-order valence-corrected chi connectivity index (χ1v) is 19.0. The molecule has 0 unspecified atom stereocenters. The number of nitrogens with one attached hydrogen (secondary N) is 2. The van der Waals surface area contributed by atoms with E-state index in [0.717, 1.165) is 69.0 Å². The lowest BCUT2D eigenvalue weighted by Gasteiger charge is -2.15. The van der Waals surface area contributed by atoms with Crippen molar-refractivity contribution in [2.24, 2.45) is 0 Å². The lowest BCUT2D eigenvalue weighted by molar-refractivity contribution is -0.138. The fraction of sp³-hybridized carbons (Fsp3) is 0.250. The van der Waals surface area contributed by atoms with Crippen LogP contribution in [0.3, 0.4) is 0 Å². The number of aromatic hydroxyl groups is 1. The fourth-order valence-corrected chi connectivity index (χ4v) is 6.04. The molecular formula is C40H37BrCl2F6N4O2. The van der Waals surface area contributed by atoms with Crippen molar-refractivity contribution in [1.82, 2.24) is 9.97 Å². The number of nitrogens with zero attached hydrogens (tertiary/aromatic N) is 2. The summed E-state index contributed by atoms with van der Waals surface area (Å²) in [5.41, 5.74) is 3.10. The molecule has 0 saturated heterocycles. The minimum Gasteiger partial charge on any atom is -0.508 e. The van der Waals surface area contributed by atoms with Crippen molar-refractivity contribution in [1.29, 1.82) is 0 Å². The first-order valence-electron chi connectivity index (χ1n) is 16.8. The van der Waals surface area contributed by atoms with Crippen molar-refractivity contribution >= 4 is 83.7 Å². The van der Waals surface area contributed by atoms with Crippen LogP contribution in [0.25, 0.3) is 21.8 Å². The Labute approximate surface area is 333 Å². The normalized spacial score (nSPS) is 11.3. The summed E-state index contributed by atoms with van der Waals surface area (Å²) in [6.45, 7) is 3.90. The number of aryl methyl sites for hydroxylation is 2. The molecule has 0 atom stereocenters. The zero-order chi connectivity index (χ0) is 40.2. The lowest BCUT2D eigenvalue weighted by Crippen LogP contribution is -2.07. The largest absolute Gasteiger partial charge is 0.508 e. The van der Waals surface area contributed by atoms with Gasteiger partial charge >= 0.3 is 12.4 Å². The predicted molar refractivity (Wildman–Crippen MR) is 214 cm³/mol. The molecule has 6 rings (SSSR count). The first-order chi connectivity index (χ1) is 26.1. The summed E-state index contributed by atoms with van der Waals surface area (Å²) in [7, 11) is 0. The standard InChI is InChI=1S/C20H18ClF3N2O.C17H13F3N2O.C3H6BrCl/c1-13-9-19(17-5-2-3-6-18(17)25-13)26-15-10-14(20(22,23)24)11-16(12-15)27-8-4-7-21;1-10-6-16(14-4-2-3-5-15(14)21-10)22-12-7-11(17(18,19)20)8-13(23)9-12;4-2-1-3-5/h2-3,5-6,9-12H,4,7-8H2,1H3,(H,25,26);2-9,23H,1H3,(H,21,22);1-3H2. The molecule has 0 spiro atoms. The Morgan fingerprint density at radius 2 is 1.13 bits per heavy atom. The third-order valence-corrected chi connectivity index (χ3v) is 8.63. The number of rotatable bonds is 10. The number of benzene rings is 4. The average molecular weight is 871 g/mol. The van der Waals surface area contributed by atoms with Crippen LogP contribution in [0.1, 0.15) is 35.4 Å². The molecule has 4 aromatic carbocycles. The highest BCUT2D eigenvalue weighted by Crippen LogP contribution is 2.37. The van der Waals surface area contributed by atoms with Crippen LogP contribution in [0.15, 0.2) is 97.1 Å². The number of para-hydroxylation sites is 2. The van der Waals surface area contributed by atoms with Crippen molar-refractivity contribution in [3.8, 4) is 11.5 Å². The molecule has 3 N–H and O–H groups in total. The van der Waals surface area contributed by atoms with E-state index >= 15 is 0 Å². The van der Waals surface area contributed by atoms with Crippen LogP contribution in [0, 0.1) is 13.8 Å². The third-order valence-electron chi connectivity index (χ3n) is 7.54. The Morgan fingerprint density at radius 3 is 1.58 bits per heavy atom. The van der Waals surface area contributed by atoms with Crippen LogP contribution in [-0.4, -0.2) is 38.8 Å². The van der Waals surface area contributed by atoms with Crippen LogP contribution in [0.5, 0.6) is 11.5 Å². The molecule has 292 valence electrons. The number of alkyl halides is 9. The molecule has 2 aromatic heterocycles. The van der Waals surface area contributed by atoms with Gasteiger partial charge in [-0.1, -0.05) is 52.3 Å². The van der Waals surface area contributed by atoms with Gasteiger partial charge in [-0.25, -0.2) is 0 Å². The second-order valence-electron chi connectivity index (χ2n) is 12.0. The maximum absolute atomic E-state index is 13.3. The number of aromatic nitrogens is 2. The van der Waals surface area contributed by atoms with Gasteiger partial charge in [-0.3, -0.25) is 9.97 Å². The fourth-order valence-electron chi connectivity index (χ4n) is 5.19. The summed E-state index contributed by atoms with van der Waals surface area (Å²) < 4.78 is 83.8. The van der Waals surface area contributed by atoms with Crippen molar-refractivity contribution in [2.45, 2.75) is 39.0 Å². The third kappa shape index (κ3) is 13.1. The van der Waals surface area contributed by atoms with Gasteiger partial charge in [0.25, 0.3) is 0 Å². The summed E-state index contributed by atoms with van der Waals surface area (Å²) in [4.78, 5) is 8.83. The molecule has 55 heavy (non-hydrogen) atoms. The Balaban J connectivity index is 0.000000220. The van der Waals surface area contributed by atoms with E-state index in [4.69, 9.17) is 27.9 Å². The summed E-state index contributed by atoms with van der Waals surface area (Å²) >= 11 is 14.1. The van der Waals surface area contributed by atoms with Gasteiger partial charge in [-0.2, -0.15) is 26.3 Å². The van der Waals surface area contributed by atoms with Gasteiger partial charge in [0, 0.05) is 74.1 Å². The minimum absolute atomic E-state index is 0.146. The van der Waals surface area contributed by atoms with Gasteiger partial charge in [-0.15, -0.1) is 23.2 Å². The maximum Gasteiger partial charge on any atom is 0.416 e. The summed E-state index contributed by atoms with van der Waals surface area (Å²) in [5, 5.41) is 18.2. The van der Waals surface area contributed by atoms with Crippen LogP contribution in [-0.2, 0) is 12.4 Å². The lowest BCUT2D eigenvalue weighted by atomic mass is 10.1. The number of phenols is 1. The first kappa shape index (κ1) is 43.3. The van der Waals surface area contributed by atoms with E-state index < -0.39 is 29.2 Å². The highest BCUT2D eigenvalue weighted by atomic mass is 79.9. The van der Waals surface area contributed by atoms with E-state index in [1.807, 2.05) is 55.5 Å². The SMILES string of the molecule is Cc1cc(Nc2cc(O)cc(C(F)(F)F)c2)c2ccccc2n1.Cc1cc(Nc2cc(OCCCCl)cc(C(F)(F)F)c2)c2ccccc2n1.ClCCCBr. The molecular weight excluding hydrogens is 833 g/mol. The second kappa shape index (κ2) is 19.9. The summed E-state index contributed by atoms with van der Waals surface area (Å²) in [6, 6.07) is 24.9. The van der Waals surface area contributed by atoms with E-state index in [1.165, 1.54) is 6.07 Å². The quantitative estimate of drug-likeness (QED) is 0.0723. The molecule has 6 nitrogen and oxygen atoms in total. The monoisotopic (exact) mass is 868 g/mol. The molecule has 0 aliphatic rings. The molecule has 0 aliphatic carbocycles. The minimum atomic E-state index is -4.52. The molecule has 6 aromatic rings. The number of fused-ring (bicyclic) bond motifs is 2. The topological polar surface area (TPSA) is 79.3 Å². The van der Waals surface area contributed by atoms with Crippen molar-refractivity contribution in [3.05, 3.63) is 120 Å². The Bertz CT molecular complexity index is 2190. The zero-order valence-electron chi connectivity index (χ0n) is 29.6. The van der Waals surface area contributed by atoms with E-state index in [1.54, 1.807) is 25.1 Å². The Kier molecular flexibility index (Phi) is 15.7. The molecule has 2 heterocycles. The van der Waals surface area contributed by atoms with Crippen LogP contribution in [0.4, 0.5) is 49.1 Å². The second-order valence-corrected chi connectivity index (χ2v) is 13.6. The van der Waals surface area contributed by atoms with Gasteiger partial charge < -0.3 is 20.5 Å². The molecule has 0 bridgehead atoms. The smallest absolute Gasteiger partial charge is 0.416 e. The van der Waals surface area contributed by atoms with Crippen LogP contribution < -0.4 is 15.4 Å². The number of halogens is 9. The van der Waals surface area contributed by atoms with E-state index in [9.17, 15) is 31.4 Å². The highest BCUT2D eigenvalue weighted by Gasteiger charge is 2.32. The zero-order valence-corrected chi connectivity index (χ0v) is 32.7. The number of phenolic OH excluding ortho intramolecular Hbond substituents is 1. The number of hydrogen-bond acceptors (Lipinski definition) is 6. The van der Waals surface area contributed by atoms with Crippen LogP contribution >= 0.6 is 39.1 Å². The highest BCUT2D eigenvalue weighted by molar-refractivity contribution is 9.09. The van der Waals surface area contributed by atoms with Gasteiger partial charge in [-0.05, 0) is 75.2 Å². The number of ether oxygens (including phenoxy) is 1. The van der Waals surface area contributed by atoms with E-state index in [2.05, 4.69) is 36.5 Å². The van der Waals surface area contributed by atoms with E-state index in [-0.39, 0.29) is 18.0 Å². The van der Waals surface area contributed by atoms with Crippen molar-refractivity contribution in [2.75, 3.05) is 34.3 Å². The Hall–Kier alpha value is -4.46. The average Bonchev–Trinajstić information content (AvgIpc) is 3.11. The number of hydrogen-bond donors (Lipinski definition) is 3. The van der Waals surface area contributed by atoms with Crippen molar-refractivity contribution in [3.63, 3.8) is 0 Å². The molecule has 0 radical (unpaired) electrons. The predicted octanol–water partition coefficient (Wildman–Crippen LogP) is 13.3. The van der Waals surface area contributed by atoms with Gasteiger partial charge in [0.05, 0.1) is 28.8 Å². The van der Waals surface area contributed by atoms with E-state index in [0.29, 0.717) is 35.4 Å². The number of pyridine rings is 2. The van der Waals surface area contributed by atoms with Gasteiger partial charge in [0.1, 0.15) is 11.5 Å². The maximum atomic E-state index is 13.3. The molecule has 0 aliphatic heterocycles. The summed E-state index contributed by atoms with van der Waals surface area (Å²) in [5.74, 6) is 0.849. The van der Waals surface area contributed by atoms with Gasteiger partial charge in [0.15, 0.2) is 0 Å². The molecule has 15 heteroatoms. The van der Waals surface area contributed by atoms with Crippen LogP contribution in [0.2, 0.25) is 0 Å². The molecule has 0 fully saturated rings. The molecule has 0 amide bonds. The Morgan fingerprint density at radius 1 is 0.655 bits per heavy atom. The molecule has 0 saturated carbocycles. The summed E-state index contributed by atoms with van der Waals surface area (Å²) in [6.07, 6.45) is -7.37.